The zero-order chi connectivity index (χ0) is 14.8. The molecule has 0 radical (unpaired) electrons. The molecule has 0 saturated heterocycles. The summed E-state index contributed by atoms with van der Waals surface area (Å²) in [5, 5.41) is 10.3. The molecule has 0 amide bonds. The minimum absolute atomic E-state index is 0.0420. The predicted molar refractivity (Wildman–Crippen MR) is 76.8 cm³/mol. The van der Waals surface area contributed by atoms with Gasteiger partial charge in [0.2, 0.25) is 0 Å². The Bertz CT molecular complexity index is 320. The van der Waals surface area contributed by atoms with Crippen LogP contribution in [0.4, 0.5) is 0 Å². The van der Waals surface area contributed by atoms with Gasteiger partial charge in [-0.2, -0.15) is 0 Å². The number of aliphatic hydroxyl groups excluding tert-OH is 1. The summed E-state index contributed by atoms with van der Waals surface area (Å²) < 4.78 is 5.74. The molecular weight excluding hydrogens is 240 g/mol. The van der Waals surface area contributed by atoms with Gasteiger partial charge in [0, 0.05) is 5.92 Å². The number of ether oxygens (including phenoxy) is 1. The van der Waals surface area contributed by atoms with E-state index in [2.05, 4.69) is 6.92 Å². The fourth-order valence-electron chi connectivity index (χ4n) is 2.76. The van der Waals surface area contributed by atoms with Crippen LogP contribution in [0, 0.1) is 17.3 Å². The summed E-state index contributed by atoms with van der Waals surface area (Å²) in [6.45, 7) is 11.8. The molecule has 3 heteroatoms. The minimum atomic E-state index is -0.594. The van der Waals surface area contributed by atoms with Crippen molar-refractivity contribution in [3.8, 4) is 0 Å². The van der Waals surface area contributed by atoms with E-state index < -0.39 is 11.0 Å². The van der Waals surface area contributed by atoms with Crippen LogP contribution in [0.15, 0.2) is 0 Å². The number of carbonyl (C=O) groups excluding carboxylic acids is 1. The maximum atomic E-state index is 12.2. The first-order chi connectivity index (χ1) is 8.60. The summed E-state index contributed by atoms with van der Waals surface area (Å²) in [5.74, 6) is 0.441. The number of rotatable bonds is 4. The van der Waals surface area contributed by atoms with Crippen LogP contribution in [0.25, 0.3) is 0 Å². The molecule has 0 bridgehead atoms. The first-order valence-corrected chi connectivity index (χ1v) is 7.51. The van der Waals surface area contributed by atoms with Crippen LogP contribution in [-0.4, -0.2) is 22.8 Å². The Morgan fingerprint density at radius 1 is 1.26 bits per heavy atom. The fourth-order valence-corrected chi connectivity index (χ4v) is 2.76. The second-order valence-corrected chi connectivity index (χ2v) is 7.32. The van der Waals surface area contributed by atoms with Gasteiger partial charge in [0.1, 0.15) is 5.60 Å². The monoisotopic (exact) mass is 270 g/mol. The van der Waals surface area contributed by atoms with Crippen molar-refractivity contribution in [3.05, 3.63) is 0 Å². The molecule has 1 aliphatic carbocycles. The van der Waals surface area contributed by atoms with Crippen LogP contribution in [-0.2, 0) is 9.53 Å². The van der Waals surface area contributed by atoms with Crippen LogP contribution in [0.1, 0.15) is 67.2 Å². The molecule has 1 saturated carbocycles. The van der Waals surface area contributed by atoms with Crippen LogP contribution >= 0.6 is 0 Å². The highest BCUT2D eigenvalue weighted by Crippen LogP contribution is 2.38. The Morgan fingerprint density at radius 2 is 1.84 bits per heavy atom. The molecule has 112 valence electrons. The molecule has 0 aliphatic heterocycles. The van der Waals surface area contributed by atoms with Gasteiger partial charge in [-0.1, -0.05) is 20.3 Å². The molecule has 1 aliphatic rings. The molecule has 1 rings (SSSR count). The van der Waals surface area contributed by atoms with E-state index in [-0.39, 0.29) is 18.0 Å². The molecule has 1 N–H and O–H groups in total. The van der Waals surface area contributed by atoms with Crippen LogP contribution in [0.5, 0.6) is 0 Å². The largest absolute Gasteiger partial charge is 0.459 e. The van der Waals surface area contributed by atoms with E-state index in [9.17, 15) is 9.90 Å². The van der Waals surface area contributed by atoms with Gasteiger partial charge in [-0.05, 0) is 52.9 Å². The molecule has 0 aromatic rings. The van der Waals surface area contributed by atoms with Gasteiger partial charge in [0.15, 0.2) is 0 Å². The standard InChI is InChI=1S/C16H30O3/c1-7-15(3,4)14(18)19-16(5,6)12-9-8-11(2)10-13(12)17/h11-13,17H,7-10H2,1-6H3. The molecule has 0 heterocycles. The number of esters is 1. The smallest absolute Gasteiger partial charge is 0.312 e. The second-order valence-electron chi connectivity index (χ2n) is 7.32. The van der Waals surface area contributed by atoms with Crippen LogP contribution in [0.3, 0.4) is 0 Å². The number of hydrogen-bond acceptors (Lipinski definition) is 3. The third-order valence-corrected chi connectivity index (χ3v) is 4.76. The highest BCUT2D eigenvalue weighted by atomic mass is 16.6. The number of carbonyl (C=O) groups is 1. The van der Waals surface area contributed by atoms with Crippen molar-refractivity contribution in [2.75, 3.05) is 0 Å². The maximum Gasteiger partial charge on any atom is 0.312 e. The Kier molecular flexibility index (Phi) is 5.05. The van der Waals surface area contributed by atoms with Gasteiger partial charge in [-0.15, -0.1) is 0 Å². The molecule has 0 aromatic carbocycles. The first-order valence-electron chi connectivity index (χ1n) is 7.51. The number of aliphatic hydroxyl groups is 1. The van der Waals surface area contributed by atoms with Crippen LogP contribution < -0.4 is 0 Å². The van der Waals surface area contributed by atoms with E-state index in [0.29, 0.717) is 5.92 Å². The second kappa shape index (κ2) is 5.82. The molecular formula is C16H30O3. The number of hydrogen-bond donors (Lipinski definition) is 1. The SMILES string of the molecule is CCC(C)(C)C(=O)OC(C)(C)C1CCC(C)CC1O. The van der Waals surface area contributed by atoms with Crippen molar-refractivity contribution in [1.82, 2.24) is 0 Å². The summed E-state index contributed by atoms with van der Waals surface area (Å²) in [6, 6.07) is 0. The summed E-state index contributed by atoms with van der Waals surface area (Å²) in [5.41, 5.74) is -1.05. The highest BCUT2D eigenvalue weighted by molar-refractivity contribution is 5.76. The van der Waals surface area contributed by atoms with Crippen molar-refractivity contribution in [2.45, 2.75) is 78.9 Å². The molecule has 3 nitrogen and oxygen atoms in total. The van der Waals surface area contributed by atoms with E-state index in [1.54, 1.807) is 0 Å². The van der Waals surface area contributed by atoms with E-state index in [4.69, 9.17) is 4.74 Å². The van der Waals surface area contributed by atoms with Crippen molar-refractivity contribution in [3.63, 3.8) is 0 Å². The third-order valence-electron chi connectivity index (χ3n) is 4.76. The lowest BCUT2D eigenvalue weighted by atomic mass is 9.73. The summed E-state index contributed by atoms with van der Waals surface area (Å²) >= 11 is 0. The highest BCUT2D eigenvalue weighted by Gasteiger charge is 2.42. The summed E-state index contributed by atoms with van der Waals surface area (Å²) in [6.07, 6.45) is 3.22. The van der Waals surface area contributed by atoms with E-state index in [0.717, 1.165) is 25.7 Å². The summed E-state index contributed by atoms with van der Waals surface area (Å²) in [7, 11) is 0. The van der Waals surface area contributed by atoms with E-state index in [1.165, 1.54) is 0 Å². The van der Waals surface area contributed by atoms with Crippen molar-refractivity contribution in [2.24, 2.45) is 17.3 Å². The lowest BCUT2D eigenvalue weighted by Gasteiger charge is -2.42. The summed E-state index contributed by atoms with van der Waals surface area (Å²) in [4.78, 5) is 12.2. The average molecular weight is 270 g/mol. The zero-order valence-corrected chi connectivity index (χ0v) is 13.3. The minimum Gasteiger partial charge on any atom is -0.459 e. The fraction of sp³-hybridized carbons (Fsp3) is 0.938. The molecule has 0 aromatic heterocycles. The van der Waals surface area contributed by atoms with Gasteiger partial charge in [0.05, 0.1) is 11.5 Å². The Balaban J connectivity index is 2.73. The quantitative estimate of drug-likeness (QED) is 0.795. The Labute approximate surface area is 117 Å². The first kappa shape index (κ1) is 16.5. The van der Waals surface area contributed by atoms with E-state index >= 15 is 0 Å². The normalized spacial score (nSPS) is 29.1. The maximum absolute atomic E-state index is 12.2. The Morgan fingerprint density at radius 3 is 2.32 bits per heavy atom. The molecule has 3 atom stereocenters. The molecule has 19 heavy (non-hydrogen) atoms. The van der Waals surface area contributed by atoms with Gasteiger partial charge in [0.25, 0.3) is 0 Å². The molecule has 1 fully saturated rings. The van der Waals surface area contributed by atoms with Crippen molar-refractivity contribution in [1.29, 1.82) is 0 Å². The van der Waals surface area contributed by atoms with E-state index in [1.807, 2.05) is 34.6 Å². The Hall–Kier alpha value is -0.570. The van der Waals surface area contributed by atoms with Crippen LogP contribution in [0.2, 0.25) is 0 Å². The van der Waals surface area contributed by atoms with Crippen molar-refractivity contribution < 1.29 is 14.6 Å². The topological polar surface area (TPSA) is 46.5 Å². The van der Waals surface area contributed by atoms with Gasteiger partial charge < -0.3 is 9.84 Å². The average Bonchev–Trinajstić information content (AvgIpc) is 2.27. The third kappa shape index (κ3) is 3.95. The van der Waals surface area contributed by atoms with Crippen molar-refractivity contribution >= 4 is 5.97 Å². The van der Waals surface area contributed by atoms with Gasteiger partial charge in [-0.25, -0.2) is 0 Å². The zero-order valence-electron chi connectivity index (χ0n) is 13.3. The lowest BCUT2D eigenvalue weighted by molar-refractivity contribution is -0.179. The van der Waals surface area contributed by atoms with Gasteiger partial charge in [-0.3, -0.25) is 4.79 Å². The predicted octanol–water partition coefficient (Wildman–Crippen LogP) is 3.54. The van der Waals surface area contributed by atoms with Gasteiger partial charge >= 0.3 is 5.97 Å². The lowest BCUT2D eigenvalue weighted by Crippen LogP contribution is -2.47. The molecule has 0 spiro atoms. The molecule has 3 unspecified atom stereocenters.